The molecule has 0 rings (SSSR count). The van der Waals surface area contributed by atoms with E-state index in [0.29, 0.717) is 0 Å². The summed E-state index contributed by atoms with van der Waals surface area (Å²) < 4.78 is 0. The van der Waals surface area contributed by atoms with E-state index in [1.54, 1.807) is 0 Å². The lowest BCUT2D eigenvalue weighted by molar-refractivity contribution is 0.186. The van der Waals surface area contributed by atoms with E-state index in [1.165, 1.54) is 25.7 Å². The average Bonchev–Trinajstić information content (AvgIpc) is 2.43. The summed E-state index contributed by atoms with van der Waals surface area (Å²) in [5.74, 6) is 0. The molecule has 0 aromatic heterocycles. The largest absolute Gasteiger partial charge is 0.237 e. The van der Waals surface area contributed by atoms with Crippen LogP contribution < -0.4 is 0 Å². The van der Waals surface area contributed by atoms with Gasteiger partial charge in [0.1, 0.15) is 0 Å². The van der Waals surface area contributed by atoms with Gasteiger partial charge in [-0.25, -0.2) is 5.11 Å². The van der Waals surface area contributed by atoms with Crippen molar-refractivity contribution >= 4 is 0 Å². The van der Waals surface area contributed by atoms with Crippen LogP contribution in [0, 0.1) is 0 Å². The Kier molecular flexibility index (Phi) is 16.4. The van der Waals surface area contributed by atoms with Crippen molar-refractivity contribution in [2.75, 3.05) is 6.61 Å². The van der Waals surface area contributed by atoms with Crippen molar-refractivity contribution in [2.45, 2.75) is 71.1 Å². The molecule has 0 aromatic rings. The van der Waals surface area contributed by atoms with Gasteiger partial charge in [0.15, 0.2) is 0 Å². The molecule has 109 valence electrons. The zero-order valence-electron chi connectivity index (χ0n) is 12.7. The van der Waals surface area contributed by atoms with E-state index in [-0.39, 0.29) is 6.61 Å². The fourth-order valence-corrected chi connectivity index (χ4v) is 1.83. The van der Waals surface area contributed by atoms with E-state index in [4.69, 9.17) is 0 Å². The monoisotopic (exact) mass is 263 g/mol. The van der Waals surface area contributed by atoms with Crippen molar-refractivity contribution < 1.29 is 5.11 Å². The number of unbranched alkanes of at least 4 members (excludes halogenated alkanes) is 6. The highest BCUT2D eigenvalue weighted by Gasteiger charge is 1.85. The Labute approximate surface area is 120 Å². The fraction of sp³-hybridized carbons (Fsp3) is 0.667. The summed E-state index contributed by atoms with van der Waals surface area (Å²) in [4.78, 5) is 0. The smallest absolute Gasteiger partial charge is 0.0822 e. The first-order valence-corrected chi connectivity index (χ1v) is 7.95. The lowest BCUT2D eigenvalue weighted by atomic mass is 10.2. The van der Waals surface area contributed by atoms with Gasteiger partial charge in [-0.05, 0) is 44.9 Å². The van der Waals surface area contributed by atoms with Crippen LogP contribution in [0.2, 0.25) is 0 Å². The van der Waals surface area contributed by atoms with Gasteiger partial charge in [0.25, 0.3) is 0 Å². The standard InChI is InChI=1S/C18H31O/c1-2-3-4-5-6-7-8-9-10-11-12-13-14-15-16-17-18-19/h6-7,9-10,12-13H,2-5,8,11,14-18H2,1H3. The molecule has 0 aliphatic rings. The average molecular weight is 263 g/mol. The highest BCUT2D eigenvalue weighted by molar-refractivity contribution is 4.97. The van der Waals surface area contributed by atoms with E-state index >= 15 is 0 Å². The molecule has 1 nitrogen and oxygen atoms in total. The first kappa shape index (κ1) is 18.2. The summed E-state index contributed by atoms with van der Waals surface area (Å²) in [7, 11) is 0. The predicted molar refractivity (Wildman–Crippen MR) is 84.8 cm³/mol. The van der Waals surface area contributed by atoms with Crippen molar-refractivity contribution in [3.8, 4) is 0 Å². The molecule has 0 saturated carbocycles. The molecule has 0 atom stereocenters. The number of allylic oxidation sites excluding steroid dienone is 6. The summed E-state index contributed by atoms with van der Waals surface area (Å²) in [6.07, 6.45) is 24.9. The van der Waals surface area contributed by atoms with Crippen LogP contribution in [-0.2, 0) is 5.11 Å². The molecule has 0 unspecified atom stereocenters. The van der Waals surface area contributed by atoms with Gasteiger partial charge >= 0.3 is 0 Å². The maximum atomic E-state index is 10.2. The lowest BCUT2D eigenvalue weighted by Gasteiger charge is -1.92. The van der Waals surface area contributed by atoms with Crippen LogP contribution in [0.5, 0.6) is 0 Å². The highest BCUT2D eigenvalue weighted by Crippen LogP contribution is 2.02. The van der Waals surface area contributed by atoms with Crippen LogP contribution in [0.4, 0.5) is 0 Å². The Bertz CT molecular complexity index is 238. The second kappa shape index (κ2) is 17.2. The van der Waals surface area contributed by atoms with Crippen molar-refractivity contribution in [1.29, 1.82) is 0 Å². The zero-order valence-corrected chi connectivity index (χ0v) is 12.7. The number of hydrogen-bond donors (Lipinski definition) is 0. The maximum absolute atomic E-state index is 10.2. The third-order valence-electron chi connectivity index (χ3n) is 3.03. The molecule has 0 fully saturated rings. The van der Waals surface area contributed by atoms with E-state index in [0.717, 1.165) is 38.5 Å². The van der Waals surface area contributed by atoms with Crippen LogP contribution in [0.25, 0.3) is 0 Å². The van der Waals surface area contributed by atoms with Crippen LogP contribution in [0.1, 0.15) is 71.1 Å². The quantitative estimate of drug-likeness (QED) is 0.286. The third-order valence-corrected chi connectivity index (χ3v) is 3.03. The number of rotatable bonds is 13. The van der Waals surface area contributed by atoms with E-state index in [9.17, 15) is 5.11 Å². The van der Waals surface area contributed by atoms with Crippen molar-refractivity contribution in [3.63, 3.8) is 0 Å². The molecule has 0 aliphatic heterocycles. The molecular formula is C18H31O. The fourth-order valence-electron chi connectivity index (χ4n) is 1.83. The van der Waals surface area contributed by atoms with Gasteiger partial charge in [0.2, 0.25) is 0 Å². The number of hydrogen-bond acceptors (Lipinski definition) is 0. The molecular weight excluding hydrogens is 232 g/mol. The van der Waals surface area contributed by atoms with Gasteiger partial charge in [-0.3, -0.25) is 0 Å². The molecule has 0 aliphatic carbocycles. The second-order valence-corrected chi connectivity index (χ2v) is 4.93. The molecule has 1 radical (unpaired) electrons. The van der Waals surface area contributed by atoms with Gasteiger partial charge in [0, 0.05) is 0 Å². The van der Waals surface area contributed by atoms with Gasteiger partial charge in [-0.15, -0.1) is 0 Å². The maximum Gasteiger partial charge on any atom is 0.0822 e. The minimum Gasteiger partial charge on any atom is -0.237 e. The normalized spacial score (nSPS) is 12.3. The first-order valence-electron chi connectivity index (χ1n) is 7.95. The summed E-state index contributed by atoms with van der Waals surface area (Å²) in [5.41, 5.74) is 0. The first-order chi connectivity index (χ1) is 9.41. The molecule has 0 aromatic carbocycles. The molecule has 0 bridgehead atoms. The zero-order chi connectivity index (χ0) is 14.0. The van der Waals surface area contributed by atoms with Crippen molar-refractivity contribution in [1.82, 2.24) is 0 Å². The molecule has 1 heteroatoms. The van der Waals surface area contributed by atoms with Crippen LogP contribution >= 0.6 is 0 Å². The van der Waals surface area contributed by atoms with Gasteiger partial charge < -0.3 is 0 Å². The summed E-state index contributed by atoms with van der Waals surface area (Å²) in [6, 6.07) is 0. The molecule has 0 spiro atoms. The minimum absolute atomic E-state index is 0.0818. The van der Waals surface area contributed by atoms with Crippen molar-refractivity contribution in [2.24, 2.45) is 0 Å². The second-order valence-electron chi connectivity index (χ2n) is 4.93. The predicted octanol–water partition coefficient (Wildman–Crippen LogP) is 6.01. The Morgan fingerprint density at radius 3 is 1.68 bits per heavy atom. The van der Waals surface area contributed by atoms with Gasteiger partial charge in [-0.2, -0.15) is 0 Å². The molecule has 19 heavy (non-hydrogen) atoms. The third kappa shape index (κ3) is 17.2. The summed E-state index contributed by atoms with van der Waals surface area (Å²) >= 11 is 0. The minimum atomic E-state index is 0.0818. The van der Waals surface area contributed by atoms with Gasteiger partial charge in [-0.1, -0.05) is 62.6 Å². The lowest BCUT2D eigenvalue weighted by Crippen LogP contribution is -1.79. The Morgan fingerprint density at radius 1 is 0.632 bits per heavy atom. The van der Waals surface area contributed by atoms with Crippen molar-refractivity contribution in [3.05, 3.63) is 36.5 Å². The molecule has 0 heterocycles. The Morgan fingerprint density at radius 2 is 1.16 bits per heavy atom. The Hall–Kier alpha value is -0.820. The summed E-state index contributed by atoms with van der Waals surface area (Å²) in [6.45, 7) is 2.32. The summed E-state index contributed by atoms with van der Waals surface area (Å²) in [5, 5.41) is 10.2. The molecule has 0 amide bonds. The van der Waals surface area contributed by atoms with Crippen LogP contribution in [0.15, 0.2) is 36.5 Å². The molecule has 0 saturated heterocycles. The van der Waals surface area contributed by atoms with Gasteiger partial charge in [0.05, 0.1) is 6.61 Å². The van der Waals surface area contributed by atoms with Crippen LogP contribution in [-0.4, -0.2) is 6.61 Å². The van der Waals surface area contributed by atoms with E-state index < -0.39 is 0 Å². The van der Waals surface area contributed by atoms with Crippen LogP contribution in [0.3, 0.4) is 0 Å². The highest BCUT2D eigenvalue weighted by atomic mass is 16.2. The Balaban J connectivity index is 3.26. The topological polar surface area (TPSA) is 19.9 Å². The van der Waals surface area contributed by atoms with E-state index in [1.807, 2.05) is 0 Å². The molecule has 0 N–H and O–H groups in total. The van der Waals surface area contributed by atoms with E-state index in [2.05, 4.69) is 43.4 Å². The SMILES string of the molecule is CCCCCC=CCC=CCC=CCCCCC[O].